The summed E-state index contributed by atoms with van der Waals surface area (Å²) in [4.78, 5) is 60.3. The number of thiophene rings is 2. The van der Waals surface area contributed by atoms with Gasteiger partial charge < -0.3 is 10.1 Å². The fourth-order valence-corrected chi connectivity index (χ4v) is 13.0. The number of aromatic nitrogens is 16. The topological polar surface area (TPSA) is 227 Å². The van der Waals surface area contributed by atoms with Crippen molar-refractivity contribution in [2.75, 3.05) is 5.32 Å². The number of fused-ring (bicyclic) bond motifs is 12. The van der Waals surface area contributed by atoms with Gasteiger partial charge >= 0.3 is 0 Å². The Balaban J connectivity index is 0.000000113. The standard InChI is InChI=1S/C13H9N.C13H12.2C12H8N2.C12H9NO.C10H6N4.C8H6S2.C5H5N.3C4H4N2/c1-2-6-11-10(5-1)9-14-13-8-4-3-7-12(11)13;1-3-7-12(8-4-1)11-13-9-5-2-6-10-13;1-3-9-5-6-10-4-2-8-14-12(10)11(9)13-7-1;1-2-6-10-9(5-1)13-11-7-3-4-8-12(11)14-10;1-3-7-11-9(5-1)13-10-6-2-4-8-12(10)14-11;1-2-12-8-6-10-9(5-7(8)11-1)13-3-4-14-10;1-3-7(9-5-1)8-4-2-6-10-8;1-2-4-6-5-3-1;1-2-6-4-3-5-1;1-2-5-4-6-3-1;1-2-4-6-5-3-1/h1-9H;1-10H,11H2;2*1-8H;1-8,13H;1-6H;1-6H;1-5H;3*1-4H. The minimum absolute atomic E-state index is 0.848. The number of para-hydroxylation sites is 9. The van der Waals surface area contributed by atoms with Crippen LogP contribution in [-0.2, 0) is 6.42 Å². The maximum atomic E-state index is 5.71. The minimum Gasteiger partial charge on any atom is -0.453 e. The van der Waals surface area contributed by atoms with Gasteiger partial charge in [0.2, 0.25) is 0 Å². The van der Waals surface area contributed by atoms with E-state index in [1.165, 1.54) is 43.4 Å². The number of nitrogens with one attached hydrogen (secondary N) is 1. The predicted molar refractivity (Wildman–Crippen MR) is 476 cm³/mol. The Morgan fingerprint density at radius 1 is 0.256 bits per heavy atom. The van der Waals surface area contributed by atoms with Crippen molar-refractivity contribution < 1.29 is 4.74 Å². The smallest absolute Gasteiger partial charge is 0.150 e. The van der Waals surface area contributed by atoms with Crippen LogP contribution in [0.2, 0.25) is 0 Å². The van der Waals surface area contributed by atoms with E-state index < -0.39 is 0 Å². The van der Waals surface area contributed by atoms with Crippen molar-refractivity contribution in [3.8, 4) is 21.3 Å². The SMILES string of the molecule is c1ccc(Cc2ccccc2)cc1.c1ccc2c(c1)Nc1ccccc1O2.c1ccc2c(c1)cnc1ccccc12.c1ccc2nc3ccccc3nc2c1.c1ccncc1.c1ccnnc1.c1cnc2c(c1)ccc1cccnc12.c1cnc2cc3nccnc3cc2n1.c1cnccn1.c1cncnc1.c1csc(-c2cccs2)c1. The van der Waals surface area contributed by atoms with Crippen molar-refractivity contribution in [1.82, 2.24) is 80.0 Å². The van der Waals surface area contributed by atoms with Gasteiger partial charge in [-0.1, -0.05) is 194 Å². The zero-order valence-electron chi connectivity index (χ0n) is 63.2. The van der Waals surface area contributed by atoms with Gasteiger partial charge in [0.1, 0.15) is 6.33 Å². The number of nitrogens with zero attached hydrogens (tertiary/aromatic N) is 16. The van der Waals surface area contributed by atoms with E-state index in [0.29, 0.717) is 0 Å². The van der Waals surface area contributed by atoms with Crippen LogP contribution in [0.4, 0.5) is 11.4 Å². The van der Waals surface area contributed by atoms with Crippen molar-refractivity contribution in [1.29, 1.82) is 0 Å². The molecule has 13 heterocycles. The molecule has 0 radical (unpaired) electrons. The summed E-state index contributed by atoms with van der Waals surface area (Å²) < 4.78 is 5.71. The van der Waals surface area contributed by atoms with Crippen LogP contribution in [0.5, 0.6) is 11.5 Å². The first-order valence-electron chi connectivity index (χ1n) is 37.1. The molecule has 0 saturated carbocycles. The minimum atomic E-state index is 0.848. The second-order valence-corrected chi connectivity index (χ2v) is 26.7. The molecule has 0 aliphatic carbocycles. The Bertz CT molecular complexity index is 5620. The molecule has 0 bridgehead atoms. The Labute approximate surface area is 683 Å². The molecule has 20 heteroatoms. The van der Waals surface area contributed by atoms with Crippen LogP contribution in [0.1, 0.15) is 11.1 Å². The molecule has 0 spiro atoms. The molecule has 18 nitrogen and oxygen atoms in total. The zero-order chi connectivity index (χ0) is 79.6. The van der Waals surface area contributed by atoms with Crippen molar-refractivity contribution in [2.45, 2.75) is 6.42 Å². The second-order valence-electron chi connectivity index (χ2n) is 24.8. The zero-order valence-corrected chi connectivity index (χ0v) is 64.8. The summed E-state index contributed by atoms with van der Waals surface area (Å²) in [6.45, 7) is 0. The van der Waals surface area contributed by atoms with E-state index in [1.54, 1.807) is 128 Å². The number of hydrogen-bond donors (Lipinski definition) is 1. The Hall–Kier alpha value is -15.6. The number of benzene rings is 10. The third-order valence-electron chi connectivity index (χ3n) is 16.8. The van der Waals surface area contributed by atoms with Gasteiger partial charge in [0.15, 0.2) is 11.5 Å². The maximum absolute atomic E-state index is 5.71. The number of hydrogen-bond acceptors (Lipinski definition) is 20. The first-order valence-corrected chi connectivity index (χ1v) is 38.9. The van der Waals surface area contributed by atoms with Crippen molar-refractivity contribution in [2.24, 2.45) is 0 Å². The molecule has 0 atom stereocenters. The molecule has 12 aromatic heterocycles. The third-order valence-corrected chi connectivity index (χ3v) is 18.7. The summed E-state index contributed by atoms with van der Waals surface area (Å²) in [6.07, 6.45) is 31.5. The van der Waals surface area contributed by atoms with Crippen LogP contribution in [0.15, 0.2) is 438 Å². The van der Waals surface area contributed by atoms with Gasteiger partial charge in [-0.2, -0.15) is 10.2 Å². The molecule has 23 rings (SSSR count). The molecule has 1 N–H and O–H groups in total. The molecule has 10 aromatic carbocycles. The van der Waals surface area contributed by atoms with Gasteiger partial charge in [0, 0.05) is 137 Å². The lowest BCUT2D eigenvalue weighted by Gasteiger charge is -2.20. The van der Waals surface area contributed by atoms with E-state index in [-0.39, 0.29) is 0 Å². The van der Waals surface area contributed by atoms with Gasteiger partial charge in [0.25, 0.3) is 0 Å². The van der Waals surface area contributed by atoms with Gasteiger partial charge in [-0.05, 0) is 155 Å². The van der Waals surface area contributed by atoms with Crippen LogP contribution in [0, 0.1) is 0 Å². The van der Waals surface area contributed by atoms with Crippen molar-refractivity contribution >= 4 is 122 Å². The molecule has 0 unspecified atom stereocenters. The maximum Gasteiger partial charge on any atom is 0.150 e. The Kier molecular flexibility index (Phi) is 30.2. The molecular formula is C97H75N17OS2. The van der Waals surface area contributed by atoms with Gasteiger partial charge in [-0.15, -0.1) is 22.7 Å². The summed E-state index contributed by atoms with van der Waals surface area (Å²) >= 11 is 3.58. The molecule has 22 aromatic rings. The van der Waals surface area contributed by atoms with E-state index in [2.05, 4.69) is 236 Å². The summed E-state index contributed by atoms with van der Waals surface area (Å²) in [5, 5.41) is 20.6. The molecule has 117 heavy (non-hydrogen) atoms. The lowest BCUT2D eigenvalue weighted by molar-refractivity contribution is 0.481. The second kappa shape index (κ2) is 44.4. The lowest BCUT2D eigenvalue weighted by atomic mass is 10.1. The van der Waals surface area contributed by atoms with E-state index in [1.807, 2.05) is 176 Å². The fourth-order valence-electron chi connectivity index (χ4n) is 11.4. The van der Waals surface area contributed by atoms with Gasteiger partial charge in [0.05, 0.1) is 72.1 Å². The average molecular weight is 1560 g/mol. The van der Waals surface area contributed by atoms with Crippen LogP contribution >= 0.6 is 22.7 Å². The number of rotatable bonds is 3. The highest BCUT2D eigenvalue weighted by molar-refractivity contribution is 7.20. The predicted octanol–water partition coefficient (Wildman–Crippen LogP) is 23.3. The summed E-state index contributed by atoms with van der Waals surface area (Å²) in [5.41, 5.74) is 15.0. The van der Waals surface area contributed by atoms with Gasteiger partial charge in [-0.3, -0.25) is 49.8 Å². The lowest BCUT2D eigenvalue weighted by Crippen LogP contribution is -2.01. The molecular weight excluding hydrogens is 1480 g/mol. The molecule has 0 fully saturated rings. The molecule has 0 amide bonds. The summed E-state index contributed by atoms with van der Waals surface area (Å²) in [6, 6.07) is 105. The number of ether oxygens (including phenoxy) is 1. The fraction of sp³-hybridized carbons (Fsp3) is 0.0103. The number of anilines is 2. The van der Waals surface area contributed by atoms with Crippen LogP contribution in [-0.4, -0.2) is 80.0 Å². The monoisotopic (exact) mass is 1560 g/mol. The molecule has 1 aliphatic heterocycles. The van der Waals surface area contributed by atoms with E-state index >= 15 is 0 Å². The van der Waals surface area contributed by atoms with E-state index in [9.17, 15) is 0 Å². The largest absolute Gasteiger partial charge is 0.453 e. The Morgan fingerprint density at radius 3 is 1.05 bits per heavy atom. The summed E-state index contributed by atoms with van der Waals surface area (Å²) in [5.74, 6) is 1.76. The molecule has 566 valence electrons. The van der Waals surface area contributed by atoms with E-state index in [0.717, 1.165) is 101 Å². The third kappa shape index (κ3) is 24.7. The van der Waals surface area contributed by atoms with Crippen LogP contribution in [0.3, 0.4) is 0 Å². The quantitative estimate of drug-likeness (QED) is 0.128. The molecule has 1 aliphatic rings. The summed E-state index contributed by atoms with van der Waals surface area (Å²) in [7, 11) is 0. The van der Waals surface area contributed by atoms with Gasteiger partial charge in [-0.25, -0.2) is 19.9 Å². The highest BCUT2D eigenvalue weighted by Gasteiger charge is 2.14. The first-order chi connectivity index (χ1) is 58.1. The van der Waals surface area contributed by atoms with Crippen LogP contribution < -0.4 is 10.1 Å². The van der Waals surface area contributed by atoms with Crippen molar-refractivity contribution in [3.63, 3.8) is 0 Å². The van der Waals surface area contributed by atoms with Crippen LogP contribution in [0.25, 0.3) is 97.4 Å². The normalized spacial score (nSPS) is 10.2. The van der Waals surface area contributed by atoms with E-state index in [4.69, 9.17) is 4.74 Å². The highest BCUT2D eigenvalue weighted by Crippen LogP contribution is 2.41. The highest BCUT2D eigenvalue weighted by atomic mass is 32.1. The average Bonchev–Trinajstić information content (AvgIpc) is 1.30. The first kappa shape index (κ1) is 79.4. The Morgan fingerprint density at radius 2 is 0.650 bits per heavy atom. The number of pyridine rings is 4. The van der Waals surface area contributed by atoms with Crippen molar-refractivity contribution in [3.05, 3.63) is 449 Å². The molecule has 0 saturated heterocycles.